The highest BCUT2D eigenvalue weighted by Crippen LogP contribution is 2.45. The summed E-state index contributed by atoms with van der Waals surface area (Å²) < 4.78 is 5.41. The molecule has 1 aliphatic carbocycles. The molecule has 130 valence electrons. The van der Waals surface area contributed by atoms with Gasteiger partial charge in [-0.3, -0.25) is 9.69 Å². The Morgan fingerprint density at radius 2 is 2.17 bits per heavy atom. The maximum atomic E-state index is 12.5. The largest absolute Gasteiger partial charge is 0.379 e. The molecule has 0 radical (unpaired) electrons. The number of nitrogens with one attached hydrogen (secondary N) is 2. The van der Waals surface area contributed by atoms with Crippen LogP contribution in [0, 0.1) is 5.41 Å². The fourth-order valence-corrected chi connectivity index (χ4v) is 3.88. The van der Waals surface area contributed by atoms with Gasteiger partial charge in [0.25, 0.3) is 0 Å². The zero-order valence-electron chi connectivity index (χ0n) is 13.8. The lowest BCUT2D eigenvalue weighted by Crippen LogP contribution is -2.45. The number of hydrogen-bond acceptors (Lipinski definition) is 4. The van der Waals surface area contributed by atoms with Crippen molar-refractivity contribution in [3.05, 3.63) is 28.8 Å². The van der Waals surface area contributed by atoms with E-state index in [0.717, 1.165) is 55.7 Å². The molecule has 0 bridgehead atoms. The highest BCUT2D eigenvalue weighted by atomic mass is 35.5. The Hall–Kier alpha value is -1.30. The van der Waals surface area contributed by atoms with Gasteiger partial charge in [-0.15, -0.1) is 0 Å². The van der Waals surface area contributed by atoms with E-state index < -0.39 is 0 Å². The van der Waals surface area contributed by atoms with Crippen LogP contribution in [0.3, 0.4) is 0 Å². The van der Waals surface area contributed by atoms with Crippen LogP contribution in [0.25, 0.3) is 0 Å². The Labute approximate surface area is 147 Å². The van der Waals surface area contributed by atoms with Crippen LogP contribution in [-0.4, -0.2) is 56.2 Å². The highest BCUT2D eigenvalue weighted by molar-refractivity contribution is 6.30. The van der Waals surface area contributed by atoms with E-state index in [0.29, 0.717) is 6.42 Å². The van der Waals surface area contributed by atoms with Crippen molar-refractivity contribution in [1.82, 2.24) is 10.2 Å². The zero-order valence-corrected chi connectivity index (χ0v) is 14.6. The van der Waals surface area contributed by atoms with Crippen molar-refractivity contribution in [3.63, 3.8) is 0 Å². The van der Waals surface area contributed by atoms with Crippen LogP contribution in [0.1, 0.15) is 18.4 Å². The first-order valence-corrected chi connectivity index (χ1v) is 9.14. The van der Waals surface area contributed by atoms with Crippen molar-refractivity contribution in [2.75, 3.05) is 44.7 Å². The minimum Gasteiger partial charge on any atom is -0.379 e. The minimum absolute atomic E-state index is 0.0931. The summed E-state index contributed by atoms with van der Waals surface area (Å²) in [7, 11) is 0. The molecule has 2 fully saturated rings. The first-order chi connectivity index (χ1) is 11.6. The quantitative estimate of drug-likeness (QED) is 0.852. The predicted octanol–water partition coefficient (Wildman–Crippen LogP) is 1.91. The fraction of sp³-hybridized carbons (Fsp3) is 0.611. The van der Waals surface area contributed by atoms with Gasteiger partial charge in [-0.25, -0.2) is 0 Å². The lowest BCUT2D eigenvalue weighted by Gasteiger charge is -2.30. The van der Waals surface area contributed by atoms with Crippen LogP contribution in [0.2, 0.25) is 5.02 Å². The third-order valence-corrected chi connectivity index (χ3v) is 5.63. The second-order valence-electron chi connectivity index (χ2n) is 7.31. The number of carbonyl (C=O) groups is 1. The van der Waals surface area contributed by atoms with Gasteiger partial charge in [-0.2, -0.15) is 0 Å². The van der Waals surface area contributed by atoms with E-state index >= 15 is 0 Å². The first-order valence-electron chi connectivity index (χ1n) is 8.76. The van der Waals surface area contributed by atoms with Crippen molar-refractivity contribution in [1.29, 1.82) is 0 Å². The summed E-state index contributed by atoms with van der Waals surface area (Å²) in [5.74, 6) is 0.0931. The number of morpholine rings is 1. The molecule has 1 amide bonds. The molecule has 6 heteroatoms. The van der Waals surface area contributed by atoms with E-state index in [4.69, 9.17) is 16.3 Å². The monoisotopic (exact) mass is 349 g/mol. The van der Waals surface area contributed by atoms with Crippen molar-refractivity contribution in [2.24, 2.45) is 5.41 Å². The molecule has 3 aliphatic rings. The van der Waals surface area contributed by atoms with Gasteiger partial charge >= 0.3 is 0 Å². The molecule has 1 atom stereocenters. The summed E-state index contributed by atoms with van der Waals surface area (Å²) >= 11 is 6.03. The van der Waals surface area contributed by atoms with Crippen LogP contribution in [0.5, 0.6) is 0 Å². The van der Waals surface area contributed by atoms with E-state index in [1.165, 1.54) is 12.8 Å². The Morgan fingerprint density at radius 3 is 2.92 bits per heavy atom. The zero-order chi connectivity index (χ0) is 16.6. The van der Waals surface area contributed by atoms with Gasteiger partial charge in [-0.05, 0) is 36.6 Å². The van der Waals surface area contributed by atoms with E-state index in [2.05, 4.69) is 15.5 Å². The number of benzene rings is 1. The van der Waals surface area contributed by atoms with Gasteiger partial charge in [0.05, 0.1) is 13.2 Å². The topological polar surface area (TPSA) is 53.6 Å². The molecule has 0 aromatic heterocycles. The molecule has 4 rings (SSSR count). The molecule has 2 N–H and O–H groups in total. The van der Waals surface area contributed by atoms with Gasteiger partial charge < -0.3 is 15.4 Å². The number of hydrogen-bond donors (Lipinski definition) is 2. The Balaban J connectivity index is 1.28. The molecular formula is C18H24ClN3O2. The van der Waals surface area contributed by atoms with Crippen LogP contribution < -0.4 is 10.6 Å². The molecular weight excluding hydrogens is 326 g/mol. The van der Waals surface area contributed by atoms with E-state index in [9.17, 15) is 4.79 Å². The summed E-state index contributed by atoms with van der Waals surface area (Å²) in [5.41, 5.74) is 2.42. The first kappa shape index (κ1) is 16.2. The molecule has 1 saturated heterocycles. The van der Waals surface area contributed by atoms with Crippen molar-refractivity contribution >= 4 is 23.2 Å². The second-order valence-corrected chi connectivity index (χ2v) is 7.75. The highest BCUT2D eigenvalue weighted by Gasteiger charge is 2.44. The minimum atomic E-state index is -0.183. The fourth-order valence-electron chi connectivity index (χ4n) is 3.69. The molecule has 5 nitrogen and oxygen atoms in total. The SMILES string of the molecule is O=C(NCC1(CN2CCOCC2)CC1)[C@H]1Cc2cc(Cl)ccc2N1. The molecule has 0 spiro atoms. The molecule has 2 aliphatic heterocycles. The molecule has 0 unspecified atom stereocenters. The third kappa shape index (κ3) is 3.53. The van der Waals surface area contributed by atoms with Gasteiger partial charge in [-0.1, -0.05) is 11.6 Å². The average Bonchev–Trinajstić information content (AvgIpc) is 3.21. The third-order valence-electron chi connectivity index (χ3n) is 5.39. The van der Waals surface area contributed by atoms with E-state index in [1.54, 1.807) is 0 Å². The summed E-state index contributed by atoms with van der Waals surface area (Å²) in [5, 5.41) is 7.20. The lowest BCUT2D eigenvalue weighted by atomic mass is 10.1. The lowest BCUT2D eigenvalue weighted by molar-refractivity contribution is -0.122. The smallest absolute Gasteiger partial charge is 0.242 e. The molecule has 2 heterocycles. The normalized spacial score (nSPS) is 25.0. The standard InChI is InChI=1S/C18H24ClN3O2/c19-14-1-2-15-13(9-14)10-16(21-15)17(23)20-11-18(3-4-18)12-22-5-7-24-8-6-22/h1-2,9,16,21H,3-8,10-12H2,(H,20,23)/t16-/m1/s1. The van der Waals surface area contributed by atoms with Crippen molar-refractivity contribution < 1.29 is 9.53 Å². The summed E-state index contributed by atoms with van der Waals surface area (Å²) in [6.45, 7) is 5.53. The van der Waals surface area contributed by atoms with Crippen LogP contribution in [-0.2, 0) is 16.0 Å². The summed E-state index contributed by atoms with van der Waals surface area (Å²) in [6, 6.07) is 5.57. The van der Waals surface area contributed by atoms with Gasteiger partial charge in [0.1, 0.15) is 6.04 Å². The number of halogens is 1. The van der Waals surface area contributed by atoms with Gasteiger partial charge in [0.15, 0.2) is 0 Å². The second kappa shape index (κ2) is 6.54. The maximum Gasteiger partial charge on any atom is 0.242 e. The number of nitrogens with zero attached hydrogens (tertiary/aromatic N) is 1. The van der Waals surface area contributed by atoms with Crippen LogP contribution in [0.4, 0.5) is 5.69 Å². The van der Waals surface area contributed by atoms with Crippen LogP contribution >= 0.6 is 11.6 Å². The number of fused-ring (bicyclic) bond motifs is 1. The van der Waals surface area contributed by atoms with Crippen molar-refractivity contribution in [2.45, 2.75) is 25.3 Å². The van der Waals surface area contributed by atoms with Gasteiger partial charge in [0, 0.05) is 48.7 Å². The number of amides is 1. The average molecular weight is 350 g/mol. The molecule has 1 saturated carbocycles. The maximum absolute atomic E-state index is 12.5. The molecule has 24 heavy (non-hydrogen) atoms. The molecule has 1 aromatic carbocycles. The Kier molecular flexibility index (Phi) is 4.41. The summed E-state index contributed by atoms with van der Waals surface area (Å²) in [4.78, 5) is 15.0. The number of ether oxygens (including phenoxy) is 1. The Bertz CT molecular complexity index is 627. The van der Waals surface area contributed by atoms with Crippen LogP contribution in [0.15, 0.2) is 18.2 Å². The number of carbonyl (C=O) groups excluding carboxylic acids is 1. The van der Waals surface area contributed by atoms with E-state index in [1.807, 2.05) is 18.2 Å². The van der Waals surface area contributed by atoms with Gasteiger partial charge in [0.2, 0.25) is 5.91 Å². The Morgan fingerprint density at radius 1 is 1.38 bits per heavy atom. The predicted molar refractivity (Wildman–Crippen MR) is 94.5 cm³/mol. The molecule has 1 aromatic rings. The van der Waals surface area contributed by atoms with Crippen molar-refractivity contribution in [3.8, 4) is 0 Å². The summed E-state index contributed by atoms with van der Waals surface area (Å²) in [6.07, 6.45) is 3.12. The number of rotatable bonds is 5. The van der Waals surface area contributed by atoms with E-state index in [-0.39, 0.29) is 17.4 Å². The number of anilines is 1.